The third-order valence-electron chi connectivity index (χ3n) is 3.42. The highest BCUT2D eigenvalue weighted by molar-refractivity contribution is 7.21. The summed E-state index contributed by atoms with van der Waals surface area (Å²) in [6.45, 7) is 4.70. The summed E-state index contributed by atoms with van der Waals surface area (Å²) < 4.78 is 2.80. The molecule has 0 radical (unpaired) electrons. The van der Waals surface area contributed by atoms with Crippen LogP contribution in [0, 0.1) is 6.92 Å². The molecule has 7 heteroatoms. The van der Waals surface area contributed by atoms with Crippen molar-refractivity contribution in [2.24, 2.45) is 5.10 Å². The number of benzene rings is 1. The number of hydrogen-bond acceptors (Lipinski definition) is 4. The molecule has 0 aliphatic heterocycles. The first-order valence-corrected chi connectivity index (χ1v) is 8.34. The fourth-order valence-electron chi connectivity index (χ4n) is 2.19. The molecule has 3 rings (SSSR count). The number of nitrogens with zero attached hydrogens (tertiary/aromatic N) is 3. The number of rotatable bonds is 4. The lowest BCUT2D eigenvalue weighted by Gasteiger charge is -1.96. The van der Waals surface area contributed by atoms with E-state index in [1.165, 1.54) is 11.3 Å². The zero-order valence-corrected chi connectivity index (χ0v) is 14.3. The van der Waals surface area contributed by atoms with E-state index in [1.54, 1.807) is 6.21 Å². The van der Waals surface area contributed by atoms with Crippen LogP contribution in [0.2, 0.25) is 5.02 Å². The van der Waals surface area contributed by atoms with Crippen LogP contribution in [0.4, 0.5) is 0 Å². The molecule has 3 aromatic rings. The number of nitrogens with one attached hydrogen (secondary N) is 1. The smallest absolute Gasteiger partial charge is 0.272 e. The van der Waals surface area contributed by atoms with Crippen molar-refractivity contribution < 1.29 is 4.79 Å². The van der Waals surface area contributed by atoms with Gasteiger partial charge in [-0.1, -0.05) is 29.8 Å². The predicted molar refractivity (Wildman–Crippen MR) is 94.5 cm³/mol. The molecule has 0 unspecified atom stereocenters. The molecular weight excluding hydrogens is 332 g/mol. The largest absolute Gasteiger partial charge is 0.283 e. The summed E-state index contributed by atoms with van der Waals surface area (Å²) in [6, 6.07) is 7.66. The predicted octanol–water partition coefficient (Wildman–Crippen LogP) is 3.84. The minimum atomic E-state index is -0.312. The number of fused-ring (bicyclic) bond motifs is 1. The summed E-state index contributed by atoms with van der Waals surface area (Å²) in [5.74, 6) is -0.312. The Labute approximate surface area is 142 Å². The topological polar surface area (TPSA) is 59.3 Å². The molecular formula is C16H15ClN4OS. The van der Waals surface area contributed by atoms with Crippen molar-refractivity contribution in [1.82, 2.24) is 15.2 Å². The SMILES string of the molecule is CCn1cc(/C=N\NC(=O)c2sc3ccccc3c2Cl)c(C)n1. The summed E-state index contributed by atoms with van der Waals surface area (Å²) in [6.07, 6.45) is 3.48. The molecule has 23 heavy (non-hydrogen) atoms. The van der Waals surface area contributed by atoms with Crippen molar-refractivity contribution in [3.05, 3.63) is 51.6 Å². The molecule has 5 nitrogen and oxygen atoms in total. The van der Waals surface area contributed by atoms with Gasteiger partial charge in [-0.15, -0.1) is 11.3 Å². The highest BCUT2D eigenvalue weighted by atomic mass is 35.5. The first kappa shape index (κ1) is 15.7. The maximum Gasteiger partial charge on any atom is 0.283 e. The second-order valence-electron chi connectivity index (χ2n) is 4.97. The number of aryl methyl sites for hydroxylation is 2. The zero-order valence-electron chi connectivity index (χ0n) is 12.7. The van der Waals surface area contributed by atoms with E-state index in [4.69, 9.17) is 11.6 Å². The van der Waals surface area contributed by atoms with Crippen molar-refractivity contribution in [1.29, 1.82) is 0 Å². The lowest BCUT2D eigenvalue weighted by Crippen LogP contribution is -2.16. The van der Waals surface area contributed by atoms with Crippen molar-refractivity contribution in [3.8, 4) is 0 Å². The number of aromatic nitrogens is 2. The van der Waals surface area contributed by atoms with Gasteiger partial charge in [0.25, 0.3) is 5.91 Å². The third-order valence-corrected chi connectivity index (χ3v) is 5.09. The molecule has 0 aliphatic carbocycles. The van der Waals surface area contributed by atoms with Crippen LogP contribution in [0.15, 0.2) is 35.6 Å². The first-order chi connectivity index (χ1) is 11.1. The molecule has 2 aromatic heterocycles. The van der Waals surface area contributed by atoms with Crippen LogP contribution in [0.1, 0.15) is 27.9 Å². The van der Waals surface area contributed by atoms with Gasteiger partial charge in [-0.05, 0) is 19.9 Å². The Morgan fingerprint density at radius 1 is 1.48 bits per heavy atom. The van der Waals surface area contributed by atoms with E-state index in [2.05, 4.69) is 15.6 Å². The zero-order chi connectivity index (χ0) is 16.4. The number of hydrazone groups is 1. The molecule has 118 valence electrons. The minimum absolute atomic E-state index is 0.312. The Bertz CT molecular complexity index is 897. The van der Waals surface area contributed by atoms with Gasteiger partial charge in [0, 0.05) is 28.4 Å². The summed E-state index contributed by atoms with van der Waals surface area (Å²) in [4.78, 5) is 12.7. The second kappa shape index (κ2) is 6.52. The summed E-state index contributed by atoms with van der Waals surface area (Å²) in [5, 5.41) is 9.68. The van der Waals surface area contributed by atoms with Gasteiger partial charge >= 0.3 is 0 Å². The van der Waals surface area contributed by atoms with Gasteiger partial charge in [-0.2, -0.15) is 10.2 Å². The molecule has 0 saturated heterocycles. The van der Waals surface area contributed by atoms with Gasteiger partial charge in [0.2, 0.25) is 0 Å². The van der Waals surface area contributed by atoms with Gasteiger partial charge < -0.3 is 0 Å². The van der Waals surface area contributed by atoms with Crippen LogP contribution in [0.3, 0.4) is 0 Å². The lowest BCUT2D eigenvalue weighted by atomic mass is 10.2. The fraction of sp³-hybridized carbons (Fsp3) is 0.188. The van der Waals surface area contributed by atoms with E-state index in [1.807, 2.05) is 49.0 Å². The van der Waals surface area contributed by atoms with E-state index >= 15 is 0 Å². The average molecular weight is 347 g/mol. The molecule has 2 heterocycles. The molecule has 0 spiro atoms. The Morgan fingerprint density at radius 3 is 2.96 bits per heavy atom. The van der Waals surface area contributed by atoms with Gasteiger partial charge in [0.1, 0.15) is 4.88 Å². The number of halogens is 1. The molecule has 0 saturated carbocycles. The highest BCUT2D eigenvalue weighted by Crippen LogP contribution is 2.34. The van der Waals surface area contributed by atoms with E-state index in [0.717, 1.165) is 27.9 Å². The monoisotopic (exact) mass is 346 g/mol. The van der Waals surface area contributed by atoms with E-state index in [0.29, 0.717) is 9.90 Å². The Morgan fingerprint density at radius 2 is 2.26 bits per heavy atom. The number of carbonyl (C=O) groups is 1. The third kappa shape index (κ3) is 3.13. The summed E-state index contributed by atoms with van der Waals surface area (Å²) in [7, 11) is 0. The molecule has 0 fully saturated rings. The molecule has 0 atom stereocenters. The standard InChI is InChI=1S/C16H15ClN4OS/c1-3-21-9-11(10(2)20-21)8-18-19-16(22)15-14(17)12-6-4-5-7-13(12)23-15/h4-9H,3H2,1-2H3,(H,19,22)/b18-8-. The Hall–Kier alpha value is -2.18. The van der Waals surface area contributed by atoms with Gasteiger partial charge in [0.15, 0.2) is 0 Å². The number of amides is 1. The quantitative estimate of drug-likeness (QED) is 0.576. The normalized spacial score (nSPS) is 11.4. The highest BCUT2D eigenvalue weighted by Gasteiger charge is 2.16. The Kier molecular flexibility index (Phi) is 4.45. The second-order valence-corrected chi connectivity index (χ2v) is 6.40. The van der Waals surface area contributed by atoms with Crippen LogP contribution >= 0.6 is 22.9 Å². The fourth-order valence-corrected chi connectivity index (χ4v) is 3.60. The van der Waals surface area contributed by atoms with Crippen LogP contribution < -0.4 is 5.43 Å². The van der Waals surface area contributed by atoms with Crippen molar-refractivity contribution in [2.75, 3.05) is 0 Å². The van der Waals surface area contributed by atoms with Crippen molar-refractivity contribution >= 4 is 45.1 Å². The average Bonchev–Trinajstić information content (AvgIpc) is 3.08. The molecule has 0 aliphatic rings. The summed E-state index contributed by atoms with van der Waals surface area (Å²) >= 11 is 7.63. The number of hydrogen-bond donors (Lipinski definition) is 1. The van der Waals surface area contributed by atoms with Crippen LogP contribution in [-0.2, 0) is 6.54 Å². The number of carbonyl (C=O) groups excluding carboxylic acids is 1. The van der Waals surface area contributed by atoms with Crippen LogP contribution in [0.25, 0.3) is 10.1 Å². The van der Waals surface area contributed by atoms with E-state index in [9.17, 15) is 4.79 Å². The minimum Gasteiger partial charge on any atom is -0.272 e. The van der Waals surface area contributed by atoms with E-state index in [-0.39, 0.29) is 5.91 Å². The molecule has 1 amide bonds. The molecule has 1 aromatic carbocycles. The van der Waals surface area contributed by atoms with Crippen LogP contribution in [0.5, 0.6) is 0 Å². The molecule has 0 bridgehead atoms. The lowest BCUT2D eigenvalue weighted by molar-refractivity contribution is 0.0959. The van der Waals surface area contributed by atoms with Gasteiger partial charge in [0.05, 0.1) is 16.9 Å². The summed E-state index contributed by atoms with van der Waals surface area (Å²) in [5.41, 5.74) is 4.26. The van der Waals surface area contributed by atoms with E-state index < -0.39 is 0 Å². The maximum absolute atomic E-state index is 12.3. The van der Waals surface area contributed by atoms with Gasteiger partial charge in [-0.3, -0.25) is 9.48 Å². The maximum atomic E-state index is 12.3. The Balaban J connectivity index is 1.77. The van der Waals surface area contributed by atoms with Crippen molar-refractivity contribution in [2.45, 2.75) is 20.4 Å². The first-order valence-electron chi connectivity index (χ1n) is 7.14. The number of thiophene rings is 1. The molecule has 1 N–H and O–H groups in total. The van der Waals surface area contributed by atoms with Gasteiger partial charge in [-0.25, -0.2) is 5.43 Å². The van der Waals surface area contributed by atoms with Crippen molar-refractivity contribution in [3.63, 3.8) is 0 Å². The van der Waals surface area contributed by atoms with Crippen LogP contribution in [-0.4, -0.2) is 21.9 Å².